The quantitative estimate of drug-likeness (QED) is 0.713. The maximum absolute atomic E-state index is 12.8. The van der Waals surface area contributed by atoms with Gasteiger partial charge in [0, 0.05) is 10.9 Å². The topological polar surface area (TPSA) is 63.0 Å². The Morgan fingerprint density at radius 3 is 3.00 bits per heavy atom. The molecule has 1 aromatic carbocycles. The highest BCUT2D eigenvalue weighted by atomic mass is 16.1. The van der Waals surface area contributed by atoms with Crippen LogP contribution in [0, 0.1) is 24.2 Å². The number of hydrogen-bond acceptors (Lipinski definition) is 3. The fourth-order valence-electron chi connectivity index (χ4n) is 4.62. The van der Waals surface area contributed by atoms with E-state index >= 15 is 0 Å². The normalized spacial score (nSPS) is 24.2. The van der Waals surface area contributed by atoms with Crippen LogP contribution in [0.4, 0.5) is 0 Å². The van der Waals surface area contributed by atoms with E-state index in [0.29, 0.717) is 22.4 Å². The van der Waals surface area contributed by atoms with Gasteiger partial charge in [-0.05, 0) is 54.7 Å². The minimum Gasteiger partial charge on any atom is -0.349 e. The Morgan fingerprint density at radius 2 is 2.23 bits per heavy atom. The van der Waals surface area contributed by atoms with Crippen LogP contribution < -0.4 is 5.56 Å². The number of hydrogen-bond donors (Lipinski definition) is 1. The van der Waals surface area contributed by atoms with Crippen LogP contribution in [0.1, 0.15) is 32.3 Å². The summed E-state index contributed by atoms with van der Waals surface area (Å²) in [4.78, 5) is 20.5. The Morgan fingerprint density at radius 1 is 1.38 bits per heavy atom. The SMILES string of the molecule is Cc1ccc2[nH]c3c(=O)n(/N=C\C4=CC[C@H]5C[C@H]4C5(C)C)cnc3c2c1. The molecule has 2 aromatic heterocycles. The number of aromatic amines is 1. The summed E-state index contributed by atoms with van der Waals surface area (Å²) in [6.07, 6.45) is 7.99. The van der Waals surface area contributed by atoms with Crippen molar-refractivity contribution in [3.63, 3.8) is 0 Å². The highest BCUT2D eigenvalue weighted by molar-refractivity contribution is 6.04. The van der Waals surface area contributed by atoms with E-state index < -0.39 is 0 Å². The second kappa shape index (κ2) is 5.16. The maximum Gasteiger partial charge on any atom is 0.298 e. The molecule has 0 radical (unpaired) electrons. The molecular formula is C21H22N4O. The van der Waals surface area contributed by atoms with Gasteiger partial charge in [-0.1, -0.05) is 31.6 Å². The Balaban J connectivity index is 1.56. The number of allylic oxidation sites excluding steroid dienone is 2. The first-order chi connectivity index (χ1) is 12.4. The molecule has 5 nitrogen and oxygen atoms in total. The lowest BCUT2D eigenvalue weighted by atomic mass is 9.49. The molecule has 1 saturated carbocycles. The molecule has 5 heteroatoms. The van der Waals surface area contributed by atoms with Crippen LogP contribution in [0.3, 0.4) is 0 Å². The molecule has 132 valence electrons. The lowest BCUT2D eigenvalue weighted by Gasteiger charge is -2.55. The number of nitrogens with zero attached hydrogens (tertiary/aromatic N) is 3. The number of rotatable bonds is 2. The predicted molar refractivity (Wildman–Crippen MR) is 105 cm³/mol. The third-order valence-electron chi connectivity index (χ3n) is 6.49. The third kappa shape index (κ3) is 2.06. The molecule has 6 rings (SSSR count). The monoisotopic (exact) mass is 346 g/mol. The van der Waals surface area contributed by atoms with Gasteiger partial charge in [0.25, 0.3) is 5.56 Å². The zero-order valence-electron chi connectivity index (χ0n) is 15.3. The number of aryl methyl sites for hydroxylation is 1. The fourth-order valence-corrected chi connectivity index (χ4v) is 4.62. The molecule has 0 amide bonds. The molecule has 26 heavy (non-hydrogen) atoms. The molecule has 1 N–H and O–H groups in total. The number of nitrogens with one attached hydrogen (secondary N) is 1. The average molecular weight is 346 g/mol. The fraction of sp³-hybridized carbons (Fsp3) is 0.381. The molecule has 0 aliphatic heterocycles. The van der Waals surface area contributed by atoms with E-state index in [1.807, 2.05) is 25.3 Å². The molecule has 3 aliphatic carbocycles. The zero-order valence-corrected chi connectivity index (χ0v) is 15.3. The van der Waals surface area contributed by atoms with E-state index in [9.17, 15) is 4.79 Å². The van der Waals surface area contributed by atoms with Gasteiger partial charge in [-0.25, -0.2) is 4.98 Å². The van der Waals surface area contributed by atoms with Crippen molar-refractivity contribution in [3.05, 3.63) is 52.1 Å². The first-order valence-electron chi connectivity index (χ1n) is 9.19. The molecule has 2 atom stereocenters. The Labute approximate surface area is 151 Å². The van der Waals surface area contributed by atoms with Crippen molar-refractivity contribution in [1.82, 2.24) is 14.6 Å². The maximum atomic E-state index is 12.8. The summed E-state index contributed by atoms with van der Waals surface area (Å²) in [6, 6.07) is 6.06. The predicted octanol–water partition coefficient (Wildman–Crippen LogP) is 4.01. The highest BCUT2D eigenvalue weighted by Crippen LogP contribution is 2.58. The van der Waals surface area contributed by atoms with E-state index in [4.69, 9.17) is 0 Å². The summed E-state index contributed by atoms with van der Waals surface area (Å²) in [5.41, 5.74) is 4.71. The summed E-state index contributed by atoms with van der Waals surface area (Å²) in [5, 5.41) is 5.41. The molecule has 2 bridgehead atoms. The summed E-state index contributed by atoms with van der Waals surface area (Å²) < 4.78 is 1.34. The number of benzene rings is 1. The van der Waals surface area contributed by atoms with E-state index in [0.717, 1.165) is 28.8 Å². The second-order valence-electron chi connectivity index (χ2n) is 8.28. The van der Waals surface area contributed by atoms with Crippen molar-refractivity contribution in [1.29, 1.82) is 0 Å². The summed E-state index contributed by atoms with van der Waals surface area (Å²) in [5.74, 6) is 1.34. The minimum atomic E-state index is -0.165. The number of H-pyrrole nitrogens is 1. The van der Waals surface area contributed by atoms with Crippen molar-refractivity contribution >= 4 is 28.2 Å². The Kier molecular flexibility index (Phi) is 3.09. The average Bonchev–Trinajstić information content (AvgIpc) is 3.00. The molecule has 0 saturated heterocycles. The van der Waals surface area contributed by atoms with Crippen LogP contribution in [0.2, 0.25) is 0 Å². The van der Waals surface area contributed by atoms with Gasteiger partial charge in [-0.15, -0.1) is 0 Å². The van der Waals surface area contributed by atoms with Crippen LogP contribution in [0.5, 0.6) is 0 Å². The largest absolute Gasteiger partial charge is 0.349 e. The summed E-state index contributed by atoms with van der Waals surface area (Å²) >= 11 is 0. The zero-order chi connectivity index (χ0) is 18.1. The van der Waals surface area contributed by atoms with E-state index in [1.54, 1.807) is 0 Å². The van der Waals surface area contributed by atoms with Crippen molar-refractivity contribution < 1.29 is 0 Å². The molecule has 0 spiro atoms. The summed E-state index contributed by atoms with van der Waals surface area (Å²) in [6.45, 7) is 6.70. The molecular weight excluding hydrogens is 324 g/mol. The van der Waals surface area contributed by atoms with Crippen molar-refractivity contribution in [2.45, 2.75) is 33.6 Å². The van der Waals surface area contributed by atoms with E-state index in [1.165, 1.54) is 23.0 Å². The van der Waals surface area contributed by atoms with Crippen LogP contribution in [0.25, 0.3) is 21.9 Å². The molecule has 1 fully saturated rings. The molecule has 3 aliphatic rings. The standard InChI is InChI=1S/C21H22N4O/c1-12-4-7-17-15(8-12)18-19(24-17)20(26)25(11-22-18)23-10-13-5-6-14-9-16(13)21(14,2)3/h4-5,7-8,10-11,14,16,24H,6,9H2,1-3H3/b23-10-/t14-,16+/m0/s1. The molecule has 0 unspecified atom stereocenters. The van der Waals surface area contributed by atoms with Crippen molar-refractivity contribution in [3.8, 4) is 0 Å². The van der Waals surface area contributed by atoms with Crippen LogP contribution in [0.15, 0.2) is 46.1 Å². The van der Waals surface area contributed by atoms with Gasteiger partial charge in [0.05, 0.1) is 6.21 Å². The van der Waals surface area contributed by atoms with Crippen molar-refractivity contribution in [2.24, 2.45) is 22.4 Å². The van der Waals surface area contributed by atoms with Crippen LogP contribution >= 0.6 is 0 Å². The lowest BCUT2D eigenvalue weighted by molar-refractivity contribution is -0.00127. The Hall–Kier alpha value is -2.69. The van der Waals surface area contributed by atoms with Gasteiger partial charge < -0.3 is 4.98 Å². The van der Waals surface area contributed by atoms with E-state index in [-0.39, 0.29) is 5.56 Å². The van der Waals surface area contributed by atoms with Crippen LogP contribution in [-0.4, -0.2) is 20.9 Å². The Bertz CT molecular complexity index is 1160. The van der Waals surface area contributed by atoms with Gasteiger partial charge in [-0.2, -0.15) is 9.78 Å². The summed E-state index contributed by atoms with van der Waals surface area (Å²) in [7, 11) is 0. The van der Waals surface area contributed by atoms with Gasteiger partial charge >= 0.3 is 0 Å². The molecule has 3 aromatic rings. The minimum absolute atomic E-state index is 0.165. The van der Waals surface area contributed by atoms with Crippen molar-refractivity contribution in [2.75, 3.05) is 0 Å². The lowest BCUT2D eigenvalue weighted by Crippen LogP contribution is -2.48. The van der Waals surface area contributed by atoms with Gasteiger partial charge in [0.2, 0.25) is 0 Å². The van der Waals surface area contributed by atoms with Gasteiger partial charge in [0.15, 0.2) is 0 Å². The molecule has 2 heterocycles. The smallest absolute Gasteiger partial charge is 0.298 e. The first-order valence-corrected chi connectivity index (χ1v) is 9.19. The third-order valence-corrected chi connectivity index (χ3v) is 6.49. The van der Waals surface area contributed by atoms with E-state index in [2.05, 4.69) is 41.1 Å². The van der Waals surface area contributed by atoms with Gasteiger partial charge in [0.1, 0.15) is 17.4 Å². The number of fused-ring (bicyclic) bond motifs is 4. The first kappa shape index (κ1) is 15.6. The number of aromatic nitrogens is 3. The van der Waals surface area contributed by atoms with Crippen LogP contribution in [-0.2, 0) is 0 Å². The van der Waals surface area contributed by atoms with Gasteiger partial charge in [-0.3, -0.25) is 4.79 Å². The second-order valence-corrected chi connectivity index (χ2v) is 8.28. The highest BCUT2D eigenvalue weighted by Gasteiger charge is 2.50.